The first-order chi connectivity index (χ1) is 7.78. The Bertz CT molecular complexity index is 263. The Hall–Kier alpha value is -0.810. The van der Waals surface area contributed by atoms with E-state index in [1.807, 2.05) is 20.8 Å². The maximum Gasteiger partial charge on any atom is 0.407 e. The summed E-state index contributed by atoms with van der Waals surface area (Å²) < 4.78 is 5.24. The Labute approximate surface area is 104 Å². The number of amides is 1. The van der Waals surface area contributed by atoms with E-state index in [1.54, 1.807) is 0 Å². The largest absolute Gasteiger partial charge is 0.444 e. The number of hydrogen-bond donors (Lipinski definition) is 2. The van der Waals surface area contributed by atoms with Crippen molar-refractivity contribution >= 4 is 6.09 Å². The lowest BCUT2D eigenvalue weighted by molar-refractivity contribution is 0.0495. The van der Waals surface area contributed by atoms with E-state index >= 15 is 0 Å². The molecule has 1 saturated heterocycles. The SMILES string of the molecule is CN1CC[C@@H](N)[C@H](NC(=O)OC(C)(C)C)CC1. The molecule has 0 spiro atoms. The number of hydrogen-bond acceptors (Lipinski definition) is 4. The predicted octanol–water partition coefficient (Wildman–Crippen LogP) is 0.933. The van der Waals surface area contributed by atoms with Crippen LogP contribution in [0.3, 0.4) is 0 Å². The highest BCUT2D eigenvalue weighted by atomic mass is 16.6. The number of alkyl carbamates (subject to hydrolysis) is 1. The molecule has 2 atom stereocenters. The van der Waals surface area contributed by atoms with Gasteiger partial charge in [-0.1, -0.05) is 0 Å². The van der Waals surface area contributed by atoms with Gasteiger partial charge >= 0.3 is 6.09 Å². The second-order valence-electron chi connectivity index (χ2n) is 5.80. The highest BCUT2D eigenvalue weighted by molar-refractivity contribution is 5.68. The first-order valence-corrected chi connectivity index (χ1v) is 6.21. The molecule has 1 heterocycles. The van der Waals surface area contributed by atoms with Crippen molar-refractivity contribution in [3.8, 4) is 0 Å². The third kappa shape index (κ3) is 5.37. The van der Waals surface area contributed by atoms with Crippen LogP contribution in [0.1, 0.15) is 33.6 Å². The minimum Gasteiger partial charge on any atom is -0.444 e. The topological polar surface area (TPSA) is 67.6 Å². The van der Waals surface area contributed by atoms with E-state index in [-0.39, 0.29) is 18.2 Å². The molecule has 100 valence electrons. The van der Waals surface area contributed by atoms with Crippen LogP contribution in [0.2, 0.25) is 0 Å². The molecule has 5 nitrogen and oxygen atoms in total. The molecule has 1 aliphatic heterocycles. The Kier molecular flexibility index (Phi) is 4.77. The number of carbonyl (C=O) groups is 1. The zero-order valence-corrected chi connectivity index (χ0v) is 11.3. The summed E-state index contributed by atoms with van der Waals surface area (Å²) in [5, 5.41) is 2.87. The molecule has 0 aromatic carbocycles. The van der Waals surface area contributed by atoms with Crippen molar-refractivity contribution in [2.75, 3.05) is 20.1 Å². The van der Waals surface area contributed by atoms with E-state index in [2.05, 4.69) is 17.3 Å². The summed E-state index contributed by atoms with van der Waals surface area (Å²) in [5.74, 6) is 0. The van der Waals surface area contributed by atoms with Gasteiger partial charge in [-0.05, 0) is 53.8 Å². The lowest BCUT2D eigenvalue weighted by atomic mass is 10.0. The lowest BCUT2D eigenvalue weighted by Crippen LogP contribution is -2.48. The maximum absolute atomic E-state index is 11.7. The molecule has 0 bridgehead atoms. The molecule has 0 aromatic heterocycles. The van der Waals surface area contributed by atoms with Crippen LogP contribution in [0.5, 0.6) is 0 Å². The summed E-state index contributed by atoms with van der Waals surface area (Å²) in [6, 6.07) is 0.0160. The number of rotatable bonds is 1. The summed E-state index contributed by atoms with van der Waals surface area (Å²) >= 11 is 0. The minimum absolute atomic E-state index is 0.00692. The van der Waals surface area contributed by atoms with E-state index in [4.69, 9.17) is 10.5 Å². The molecule has 0 radical (unpaired) electrons. The lowest BCUT2D eigenvalue weighted by Gasteiger charge is -2.25. The van der Waals surface area contributed by atoms with Crippen LogP contribution in [0, 0.1) is 0 Å². The number of ether oxygens (including phenoxy) is 1. The highest BCUT2D eigenvalue weighted by Crippen LogP contribution is 2.11. The Morgan fingerprint density at radius 1 is 1.35 bits per heavy atom. The molecular weight excluding hydrogens is 218 g/mol. The van der Waals surface area contributed by atoms with Crippen LogP contribution in [0.15, 0.2) is 0 Å². The molecule has 0 unspecified atom stereocenters. The van der Waals surface area contributed by atoms with Crippen molar-refractivity contribution in [1.82, 2.24) is 10.2 Å². The van der Waals surface area contributed by atoms with Gasteiger partial charge in [0.25, 0.3) is 0 Å². The number of nitrogens with two attached hydrogens (primary N) is 1. The van der Waals surface area contributed by atoms with Crippen molar-refractivity contribution in [2.24, 2.45) is 5.73 Å². The zero-order valence-electron chi connectivity index (χ0n) is 11.3. The summed E-state index contributed by atoms with van der Waals surface area (Å²) in [6.45, 7) is 7.50. The van der Waals surface area contributed by atoms with Gasteiger partial charge < -0.3 is 20.7 Å². The van der Waals surface area contributed by atoms with Crippen LogP contribution < -0.4 is 11.1 Å². The van der Waals surface area contributed by atoms with Gasteiger partial charge in [-0.2, -0.15) is 0 Å². The zero-order chi connectivity index (χ0) is 13.1. The Morgan fingerprint density at radius 3 is 2.53 bits per heavy atom. The molecule has 1 aliphatic rings. The summed E-state index contributed by atoms with van der Waals surface area (Å²) in [5.41, 5.74) is 5.59. The first-order valence-electron chi connectivity index (χ1n) is 6.21. The highest BCUT2D eigenvalue weighted by Gasteiger charge is 2.25. The van der Waals surface area contributed by atoms with Gasteiger partial charge in [0.15, 0.2) is 0 Å². The number of carbonyl (C=O) groups excluding carboxylic acids is 1. The molecule has 3 N–H and O–H groups in total. The van der Waals surface area contributed by atoms with E-state index in [0.717, 1.165) is 25.9 Å². The molecule has 17 heavy (non-hydrogen) atoms. The van der Waals surface area contributed by atoms with Gasteiger partial charge in [-0.15, -0.1) is 0 Å². The smallest absolute Gasteiger partial charge is 0.407 e. The number of likely N-dealkylation sites (tertiary alicyclic amines) is 1. The average Bonchev–Trinajstić information content (AvgIpc) is 2.30. The molecule has 1 amide bonds. The minimum atomic E-state index is -0.463. The summed E-state index contributed by atoms with van der Waals surface area (Å²) in [6.07, 6.45) is 1.40. The van der Waals surface area contributed by atoms with Gasteiger partial charge in [-0.3, -0.25) is 0 Å². The van der Waals surface area contributed by atoms with Crippen molar-refractivity contribution in [3.05, 3.63) is 0 Å². The molecule has 0 aromatic rings. The summed E-state index contributed by atoms with van der Waals surface area (Å²) in [4.78, 5) is 13.9. The van der Waals surface area contributed by atoms with Gasteiger partial charge in [0.1, 0.15) is 5.60 Å². The van der Waals surface area contributed by atoms with Gasteiger partial charge in [0.05, 0.1) is 0 Å². The molecular formula is C12H25N3O2. The summed E-state index contributed by atoms with van der Waals surface area (Å²) in [7, 11) is 2.07. The third-order valence-electron chi connectivity index (χ3n) is 2.88. The maximum atomic E-state index is 11.7. The fraction of sp³-hybridized carbons (Fsp3) is 0.917. The first kappa shape index (κ1) is 14.3. The standard InChI is InChI=1S/C12H25N3O2/c1-12(2,3)17-11(16)14-10-6-8-15(4)7-5-9(10)13/h9-10H,5-8,13H2,1-4H3,(H,14,16)/t9-,10-/m1/s1. The molecule has 0 aliphatic carbocycles. The molecule has 0 saturated carbocycles. The average molecular weight is 243 g/mol. The van der Waals surface area contributed by atoms with Crippen molar-refractivity contribution in [2.45, 2.75) is 51.3 Å². The van der Waals surface area contributed by atoms with Crippen molar-refractivity contribution in [3.63, 3.8) is 0 Å². The van der Waals surface area contributed by atoms with Crippen LogP contribution in [0.4, 0.5) is 4.79 Å². The predicted molar refractivity (Wildman–Crippen MR) is 67.9 cm³/mol. The Balaban J connectivity index is 2.46. The second kappa shape index (κ2) is 5.69. The van der Waals surface area contributed by atoms with Crippen LogP contribution in [-0.4, -0.2) is 48.8 Å². The molecule has 1 fully saturated rings. The monoisotopic (exact) mass is 243 g/mol. The van der Waals surface area contributed by atoms with Crippen LogP contribution >= 0.6 is 0 Å². The third-order valence-corrected chi connectivity index (χ3v) is 2.88. The van der Waals surface area contributed by atoms with E-state index in [0.29, 0.717) is 0 Å². The van der Waals surface area contributed by atoms with E-state index in [9.17, 15) is 4.79 Å². The molecule has 1 rings (SSSR count). The van der Waals surface area contributed by atoms with Gasteiger partial charge in [0.2, 0.25) is 0 Å². The Morgan fingerprint density at radius 2 is 1.94 bits per heavy atom. The number of nitrogens with zero attached hydrogens (tertiary/aromatic N) is 1. The number of nitrogens with one attached hydrogen (secondary N) is 1. The van der Waals surface area contributed by atoms with Crippen LogP contribution in [-0.2, 0) is 4.74 Å². The fourth-order valence-corrected chi connectivity index (χ4v) is 1.89. The normalized spacial score (nSPS) is 27.4. The quantitative estimate of drug-likeness (QED) is 0.719. The fourth-order valence-electron chi connectivity index (χ4n) is 1.89. The van der Waals surface area contributed by atoms with Gasteiger partial charge in [-0.25, -0.2) is 4.79 Å². The van der Waals surface area contributed by atoms with Crippen molar-refractivity contribution < 1.29 is 9.53 Å². The molecule has 5 heteroatoms. The second-order valence-corrected chi connectivity index (χ2v) is 5.80. The van der Waals surface area contributed by atoms with E-state index in [1.165, 1.54) is 0 Å². The van der Waals surface area contributed by atoms with Crippen molar-refractivity contribution in [1.29, 1.82) is 0 Å². The van der Waals surface area contributed by atoms with E-state index < -0.39 is 5.60 Å². The van der Waals surface area contributed by atoms with Crippen LogP contribution in [0.25, 0.3) is 0 Å². The van der Waals surface area contributed by atoms with Gasteiger partial charge in [0, 0.05) is 12.1 Å².